The smallest absolute Gasteiger partial charge is 0.359 e. The fourth-order valence-corrected chi connectivity index (χ4v) is 3.99. The van der Waals surface area contributed by atoms with E-state index >= 15 is 0 Å². The summed E-state index contributed by atoms with van der Waals surface area (Å²) in [7, 11) is 1.65. The number of hydrogen-bond acceptors (Lipinski definition) is 6. The highest BCUT2D eigenvalue weighted by Gasteiger charge is 2.29. The van der Waals surface area contributed by atoms with Crippen LogP contribution in [0.4, 0.5) is 0 Å². The van der Waals surface area contributed by atoms with Crippen molar-refractivity contribution in [3.63, 3.8) is 0 Å². The molecule has 31 heavy (non-hydrogen) atoms. The normalized spacial score (nSPS) is 13.6. The Morgan fingerprint density at radius 2 is 1.94 bits per heavy atom. The Bertz CT molecular complexity index is 1060. The molecule has 0 amide bonds. The molecule has 0 fully saturated rings. The molecule has 0 spiro atoms. The summed E-state index contributed by atoms with van der Waals surface area (Å²) in [4.78, 5) is 14.9. The Hall–Kier alpha value is -3.32. The third-order valence-electron chi connectivity index (χ3n) is 5.49. The topological polar surface area (TPSA) is 76.8 Å². The lowest BCUT2D eigenvalue weighted by Crippen LogP contribution is -2.31. The van der Waals surface area contributed by atoms with Crippen molar-refractivity contribution in [1.82, 2.24) is 14.7 Å². The van der Waals surface area contributed by atoms with Crippen LogP contribution >= 0.6 is 0 Å². The lowest BCUT2D eigenvalue weighted by Gasteiger charge is -2.27. The standard InChI is InChI=1S/C24H27N3O4/c1-3-31-24(29)23-21-16-26(14-18-5-4-6-19(28)13-18)12-11-22(21)27(25-23)15-17-7-9-20(30-2)10-8-17/h4-10,13,28H,3,11-12,14-16H2,1-2H3. The molecule has 1 aliphatic rings. The van der Waals surface area contributed by atoms with Crippen LogP contribution in [0, 0.1) is 0 Å². The second kappa shape index (κ2) is 9.22. The van der Waals surface area contributed by atoms with Crippen LogP contribution < -0.4 is 4.74 Å². The van der Waals surface area contributed by atoms with Gasteiger partial charge in [0.25, 0.3) is 0 Å². The molecule has 0 radical (unpaired) electrons. The average molecular weight is 421 g/mol. The first-order chi connectivity index (χ1) is 15.1. The fourth-order valence-electron chi connectivity index (χ4n) is 3.99. The van der Waals surface area contributed by atoms with E-state index < -0.39 is 0 Å². The molecule has 4 rings (SSSR count). The number of nitrogens with zero attached hydrogens (tertiary/aromatic N) is 3. The summed E-state index contributed by atoms with van der Waals surface area (Å²) in [6.07, 6.45) is 0.788. The minimum Gasteiger partial charge on any atom is -0.508 e. The molecule has 2 aromatic carbocycles. The molecule has 0 saturated carbocycles. The lowest BCUT2D eigenvalue weighted by molar-refractivity contribution is 0.0515. The van der Waals surface area contributed by atoms with Gasteiger partial charge in [0.1, 0.15) is 11.5 Å². The van der Waals surface area contributed by atoms with Gasteiger partial charge in [0.15, 0.2) is 5.69 Å². The number of esters is 1. The molecule has 1 aromatic heterocycles. The number of hydrogen-bond donors (Lipinski definition) is 1. The second-order valence-corrected chi connectivity index (χ2v) is 7.63. The van der Waals surface area contributed by atoms with E-state index in [1.165, 1.54) is 0 Å². The minimum atomic E-state index is -0.383. The molecular formula is C24H27N3O4. The van der Waals surface area contributed by atoms with Crippen LogP contribution in [0.15, 0.2) is 48.5 Å². The summed E-state index contributed by atoms with van der Waals surface area (Å²) in [5, 5.41) is 14.4. The molecule has 162 valence electrons. The zero-order valence-corrected chi connectivity index (χ0v) is 17.9. The van der Waals surface area contributed by atoms with Gasteiger partial charge in [-0.1, -0.05) is 24.3 Å². The van der Waals surface area contributed by atoms with E-state index in [4.69, 9.17) is 9.47 Å². The Labute approximate surface area is 181 Å². The third kappa shape index (κ3) is 4.72. The number of phenols is 1. The number of fused-ring (bicyclic) bond motifs is 1. The Morgan fingerprint density at radius 3 is 2.65 bits per heavy atom. The van der Waals surface area contributed by atoms with Crippen LogP contribution in [0.2, 0.25) is 0 Å². The van der Waals surface area contributed by atoms with Crippen molar-refractivity contribution in [2.75, 3.05) is 20.3 Å². The first-order valence-corrected chi connectivity index (χ1v) is 10.5. The van der Waals surface area contributed by atoms with Crippen LogP contribution in [-0.4, -0.2) is 46.0 Å². The van der Waals surface area contributed by atoms with Crippen molar-refractivity contribution >= 4 is 5.97 Å². The number of ether oxygens (including phenoxy) is 2. The van der Waals surface area contributed by atoms with Crippen molar-refractivity contribution < 1.29 is 19.4 Å². The number of phenolic OH excluding ortho intramolecular Hbond substituents is 1. The molecule has 3 aromatic rings. The van der Waals surface area contributed by atoms with Crippen molar-refractivity contribution in [2.24, 2.45) is 0 Å². The summed E-state index contributed by atoms with van der Waals surface area (Å²) in [6.45, 7) is 4.85. The number of carbonyl (C=O) groups excluding carboxylic acids is 1. The number of carbonyl (C=O) groups is 1. The molecule has 2 heterocycles. The fraction of sp³-hybridized carbons (Fsp3) is 0.333. The van der Waals surface area contributed by atoms with Crippen LogP contribution in [0.1, 0.15) is 39.8 Å². The maximum absolute atomic E-state index is 12.6. The Kier molecular flexibility index (Phi) is 6.23. The van der Waals surface area contributed by atoms with Gasteiger partial charge in [0.2, 0.25) is 0 Å². The zero-order valence-electron chi connectivity index (χ0n) is 17.9. The highest BCUT2D eigenvalue weighted by Crippen LogP contribution is 2.26. The molecule has 1 N–H and O–H groups in total. The first kappa shape index (κ1) is 20.9. The molecule has 7 heteroatoms. The minimum absolute atomic E-state index is 0.259. The van der Waals surface area contributed by atoms with Gasteiger partial charge in [0, 0.05) is 37.3 Å². The van der Waals surface area contributed by atoms with Crippen LogP contribution in [0.25, 0.3) is 0 Å². The maximum atomic E-state index is 12.6. The van der Waals surface area contributed by atoms with E-state index in [0.717, 1.165) is 41.1 Å². The largest absolute Gasteiger partial charge is 0.508 e. The zero-order chi connectivity index (χ0) is 21.8. The number of methoxy groups -OCH3 is 1. The third-order valence-corrected chi connectivity index (χ3v) is 5.49. The molecule has 1 aliphatic heterocycles. The molecule has 0 saturated heterocycles. The van der Waals surface area contributed by atoms with Crippen molar-refractivity contribution in [3.05, 3.63) is 76.6 Å². The van der Waals surface area contributed by atoms with Gasteiger partial charge in [-0.05, 0) is 42.3 Å². The molecule has 0 atom stereocenters. The van der Waals surface area contributed by atoms with Gasteiger partial charge in [-0.25, -0.2) is 4.79 Å². The predicted octanol–water partition coefficient (Wildman–Crippen LogP) is 3.38. The summed E-state index contributed by atoms with van der Waals surface area (Å²) in [5.41, 5.74) is 4.52. The van der Waals surface area contributed by atoms with Crippen molar-refractivity contribution in [2.45, 2.75) is 33.0 Å². The monoisotopic (exact) mass is 421 g/mol. The Morgan fingerprint density at radius 1 is 1.13 bits per heavy atom. The SMILES string of the molecule is CCOC(=O)c1nn(Cc2ccc(OC)cc2)c2c1CN(Cc1cccc(O)c1)CC2. The molecular weight excluding hydrogens is 394 g/mol. The van der Waals surface area contributed by atoms with Gasteiger partial charge in [-0.15, -0.1) is 0 Å². The van der Waals surface area contributed by atoms with Gasteiger partial charge in [0.05, 0.1) is 20.3 Å². The van der Waals surface area contributed by atoms with Crippen LogP contribution in [0.5, 0.6) is 11.5 Å². The van der Waals surface area contributed by atoms with Crippen LogP contribution in [-0.2, 0) is 30.8 Å². The van der Waals surface area contributed by atoms with Gasteiger partial charge in [-0.2, -0.15) is 5.10 Å². The number of rotatable bonds is 7. The van der Waals surface area contributed by atoms with Crippen LogP contribution in [0.3, 0.4) is 0 Å². The van der Waals surface area contributed by atoms with E-state index in [-0.39, 0.29) is 11.7 Å². The summed E-state index contributed by atoms with van der Waals surface area (Å²) >= 11 is 0. The highest BCUT2D eigenvalue weighted by molar-refractivity contribution is 5.89. The average Bonchev–Trinajstić information content (AvgIpc) is 3.12. The number of aromatic nitrogens is 2. The molecule has 0 aliphatic carbocycles. The van der Waals surface area contributed by atoms with Gasteiger partial charge in [-0.3, -0.25) is 9.58 Å². The summed E-state index contributed by atoms with van der Waals surface area (Å²) in [6, 6.07) is 15.1. The summed E-state index contributed by atoms with van der Waals surface area (Å²) in [5.74, 6) is 0.683. The van der Waals surface area contributed by atoms with E-state index in [1.807, 2.05) is 41.1 Å². The Balaban J connectivity index is 1.60. The van der Waals surface area contributed by atoms with E-state index in [9.17, 15) is 9.90 Å². The van der Waals surface area contributed by atoms with Gasteiger partial charge < -0.3 is 14.6 Å². The van der Waals surface area contributed by atoms with E-state index in [0.29, 0.717) is 31.9 Å². The molecule has 0 bridgehead atoms. The van der Waals surface area contributed by atoms with Crippen molar-refractivity contribution in [3.8, 4) is 11.5 Å². The summed E-state index contributed by atoms with van der Waals surface area (Å²) < 4.78 is 12.4. The quantitative estimate of drug-likeness (QED) is 0.590. The van der Waals surface area contributed by atoms with E-state index in [2.05, 4.69) is 10.00 Å². The predicted molar refractivity (Wildman–Crippen MR) is 116 cm³/mol. The van der Waals surface area contributed by atoms with E-state index in [1.54, 1.807) is 26.2 Å². The second-order valence-electron chi connectivity index (χ2n) is 7.63. The molecule has 7 nitrogen and oxygen atoms in total. The molecule has 0 unspecified atom stereocenters. The lowest BCUT2D eigenvalue weighted by atomic mass is 10.0. The first-order valence-electron chi connectivity index (χ1n) is 10.5. The van der Waals surface area contributed by atoms with Crippen molar-refractivity contribution in [1.29, 1.82) is 0 Å². The highest BCUT2D eigenvalue weighted by atomic mass is 16.5. The van der Waals surface area contributed by atoms with Gasteiger partial charge >= 0.3 is 5.97 Å². The number of benzene rings is 2. The maximum Gasteiger partial charge on any atom is 0.359 e. The number of aromatic hydroxyl groups is 1.